The Morgan fingerprint density at radius 1 is 1.27 bits per heavy atom. The van der Waals surface area contributed by atoms with Crippen molar-refractivity contribution < 1.29 is 4.42 Å². The lowest BCUT2D eigenvalue weighted by Crippen LogP contribution is -1.80. The summed E-state index contributed by atoms with van der Waals surface area (Å²) in [5.41, 5.74) is 7.33. The number of aromatic amines is 1. The standard InChI is InChI=1S/C10H8N4O/c11-10-12-5-9(15-10)6-2-1-3-8-7(6)4-13-14-8/h1-5H,(H2,11,12)(H,13,14). The van der Waals surface area contributed by atoms with Gasteiger partial charge in [0.2, 0.25) is 0 Å². The van der Waals surface area contributed by atoms with E-state index in [-0.39, 0.29) is 6.01 Å². The normalized spacial score (nSPS) is 10.9. The molecule has 0 bridgehead atoms. The SMILES string of the molecule is Nc1ncc(-c2cccc3[nH]ncc23)o1. The third-order valence-corrected chi connectivity index (χ3v) is 2.27. The maximum atomic E-state index is 5.43. The van der Waals surface area contributed by atoms with Crippen LogP contribution in [-0.4, -0.2) is 15.2 Å². The number of nitrogens with two attached hydrogens (primary N) is 1. The van der Waals surface area contributed by atoms with Crippen molar-refractivity contribution in [3.8, 4) is 11.3 Å². The van der Waals surface area contributed by atoms with Crippen molar-refractivity contribution in [1.29, 1.82) is 0 Å². The van der Waals surface area contributed by atoms with E-state index >= 15 is 0 Å². The van der Waals surface area contributed by atoms with E-state index in [1.165, 1.54) is 0 Å². The molecule has 0 aliphatic heterocycles. The third kappa shape index (κ3) is 1.17. The lowest BCUT2D eigenvalue weighted by atomic mass is 10.1. The van der Waals surface area contributed by atoms with Crippen LogP contribution >= 0.6 is 0 Å². The molecule has 5 nitrogen and oxygen atoms in total. The van der Waals surface area contributed by atoms with Crippen LogP contribution in [0.5, 0.6) is 0 Å². The van der Waals surface area contributed by atoms with Crippen LogP contribution in [0.25, 0.3) is 22.2 Å². The first kappa shape index (κ1) is 8.05. The minimum absolute atomic E-state index is 0.172. The van der Waals surface area contributed by atoms with E-state index in [9.17, 15) is 0 Å². The van der Waals surface area contributed by atoms with Gasteiger partial charge in [0, 0.05) is 10.9 Å². The maximum absolute atomic E-state index is 5.43. The Morgan fingerprint density at radius 2 is 2.20 bits per heavy atom. The van der Waals surface area contributed by atoms with Crippen molar-refractivity contribution >= 4 is 16.9 Å². The molecule has 0 unspecified atom stereocenters. The predicted octanol–water partition coefficient (Wildman–Crippen LogP) is 1.80. The number of benzene rings is 1. The summed E-state index contributed by atoms with van der Waals surface area (Å²) in [6, 6.07) is 5.99. The van der Waals surface area contributed by atoms with E-state index in [0.717, 1.165) is 16.5 Å². The lowest BCUT2D eigenvalue weighted by Gasteiger charge is -1.96. The molecule has 1 aromatic carbocycles. The number of nitrogen functional groups attached to an aromatic ring is 1. The molecular formula is C10H8N4O. The highest BCUT2D eigenvalue weighted by atomic mass is 16.4. The van der Waals surface area contributed by atoms with E-state index in [4.69, 9.17) is 10.2 Å². The number of aromatic nitrogens is 3. The molecular weight excluding hydrogens is 192 g/mol. The van der Waals surface area contributed by atoms with Crippen LogP contribution in [0.2, 0.25) is 0 Å². The predicted molar refractivity (Wildman–Crippen MR) is 56.0 cm³/mol. The molecule has 74 valence electrons. The molecule has 2 heterocycles. The zero-order valence-electron chi connectivity index (χ0n) is 7.77. The summed E-state index contributed by atoms with van der Waals surface area (Å²) in [4.78, 5) is 3.86. The van der Waals surface area contributed by atoms with E-state index in [1.807, 2.05) is 18.2 Å². The fraction of sp³-hybridized carbons (Fsp3) is 0. The summed E-state index contributed by atoms with van der Waals surface area (Å²) in [5.74, 6) is 0.652. The van der Waals surface area contributed by atoms with E-state index in [1.54, 1.807) is 12.4 Å². The van der Waals surface area contributed by atoms with E-state index < -0.39 is 0 Å². The molecule has 0 fully saturated rings. The number of rotatable bonds is 1. The Kier molecular flexibility index (Phi) is 1.53. The minimum atomic E-state index is 0.172. The Bertz CT molecular complexity index is 610. The number of fused-ring (bicyclic) bond motifs is 1. The number of H-pyrrole nitrogens is 1. The van der Waals surface area contributed by atoms with Crippen LogP contribution in [0.3, 0.4) is 0 Å². The lowest BCUT2D eigenvalue weighted by molar-refractivity contribution is 0.595. The van der Waals surface area contributed by atoms with Gasteiger partial charge in [-0.2, -0.15) is 5.10 Å². The van der Waals surface area contributed by atoms with Gasteiger partial charge in [-0.1, -0.05) is 12.1 Å². The van der Waals surface area contributed by atoms with Gasteiger partial charge < -0.3 is 10.2 Å². The molecule has 0 spiro atoms. The number of oxazole rings is 1. The van der Waals surface area contributed by atoms with Crippen LogP contribution in [0.4, 0.5) is 6.01 Å². The smallest absolute Gasteiger partial charge is 0.292 e. The molecule has 0 atom stereocenters. The Balaban J connectivity index is 2.30. The summed E-state index contributed by atoms with van der Waals surface area (Å²) < 4.78 is 5.27. The van der Waals surface area contributed by atoms with Crippen molar-refractivity contribution in [2.45, 2.75) is 0 Å². The first-order chi connectivity index (χ1) is 7.34. The molecule has 2 aromatic heterocycles. The van der Waals surface area contributed by atoms with Gasteiger partial charge in [-0.05, 0) is 6.07 Å². The number of nitrogens with one attached hydrogen (secondary N) is 1. The Hall–Kier alpha value is -2.30. The molecule has 3 N–H and O–H groups in total. The zero-order chi connectivity index (χ0) is 10.3. The van der Waals surface area contributed by atoms with Gasteiger partial charge in [-0.15, -0.1) is 0 Å². The van der Waals surface area contributed by atoms with Crippen molar-refractivity contribution in [2.75, 3.05) is 5.73 Å². The van der Waals surface area contributed by atoms with Gasteiger partial charge >= 0.3 is 0 Å². The molecule has 3 rings (SSSR count). The first-order valence-electron chi connectivity index (χ1n) is 4.48. The molecule has 15 heavy (non-hydrogen) atoms. The number of hydrogen-bond acceptors (Lipinski definition) is 4. The molecule has 0 radical (unpaired) electrons. The monoisotopic (exact) mass is 200 g/mol. The number of anilines is 1. The molecule has 0 amide bonds. The first-order valence-corrected chi connectivity index (χ1v) is 4.48. The topological polar surface area (TPSA) is 80.7 Å². The quantitative estimate of drug-likeness (QED) is 0.627. The molecule has 5 heteroatoms. The third-order valence-electron chi connectivity index (χ3n) is 2.27. The molecule has 0 saturated carbocycles. The summed E-state index contributed by atoms with van der Waals surface area (Å²) in [7, 11) is 0. The largest absolute Gasteiger partial charge is 0.424 e. The highest BCUT2D eigenvalue weighted by Gasteiger charge is 2.08. The number of nitrogens with zero attached hydrogens (tertiary/aromatic N) is 2. The second kappa shape index (κ2) is 2.84. The Labute approximate surface area is 84.9 Å². The average molecular weight is 200 g/mol. The second-order valence-corrected chi connectivity index (χ2v) is 3.20. The zero-order valence-corrected chi connectivity index (χ0v) is 7.77. The van der Waals surface area contributed by atoms with Crippen LogP contribution in [0.1, 0.15) is 0 Å². The van der Waals surface area contributed by atoms with Crippen molar-refractivity contribution in [3.05, 3.63) is 30.6 Å². The molecule has 0 aliphatic rings. The van der Waals surface area contributed by atoms with Crippen LogP contribution in [-0.2, 0) is 0 Å². The highest BCUT2D eigenvalue weighted by Crippen LogP contribution is 2.28. The summed E-state index contributed by atoms with van der Waals surface area (Å²) in [6.45, 7) is 0. The summed E-state index contributed by atoms with van der Waals surface area (Å²) in [6.07, 6.45) is 3.36. The van der Waals surface area contributed by atoms with Crippen LogP contribution < -0.4 is 5.73 Å². The van der Waals surface area contributed by atoms with Gasteiger partial charge in [0.05, 0.1) is 17.9 Å². The van der Waals surface area contributed by atoms with E-state index in [2.05, 4.69) is 15.2 Å². The van der Waals surface area contributed by atoms with Crippen LogP contribution in [0, 0.1) is 0 Å². The van der Waals surface area contributed by atoms with Gasteiger partial charge in [-0.3, -0.25) is 5.10 Å². The fourth-order valence-corrected chi connectivity index (χ4v) is 1.60. The van der Waals surface area contributed by atoms with Crippen molar-refractivity contribution in [1.82, 2.24) is 15.2 Å². The van der Waals surface area contributed by atoms with Crippen LogP contribution in [0.15, 0.2) is 35.0 Å². The second-order valence-electron chi connectivity index (χ2n) is 3.20. The summed E-state index contributed by atoms with van der Waals surface area (Å²) >= 11 is 0. The fourth-order valence-electron chi connectivity index (χ4n) is 1.60. The average Bonchev–Trinajstić information content (AvgIpc) is 2.84. The van der Waals surface area contributed by atoms with E-state index in [0.29, 0.717) is 5.76 Å². The molecule has 3 aromatic rings. The van der Waals surface area contributed by atoms with Crippen molar-refractivity contribution in [3.63, 3.8) is 0 Å². The molecule has 0 aliphatic carbocycles. The maximum Gasteiger partial charge on any atom is 0.292 e. The van der Waals surface area contributed by atoms with Gasteiger partial charge in [0.25, 0.3) is 6.01 Å². The minimum Gasteiger partial charge on any atom is -0.424 e. The van der Waals surface area contributed by atoms with Gasteiger partial charge in [-0.25, -0.2) is 4.98 Å². The number of hydrogen-bond donors (Lipinski definition) is 2. The Morgan fingerprint density at radius 3 is 3.00 bits per heavy atom. The van der Waals surface area contributed by atoms with Crippen molar-refractivity contribution in [2.24, 2.45) is 0 Å². The van der Waals surface area contributed by atoms with Gasteiger partial charge in [0.15, 0.2) is 5.76 Å². The van der Waals surface area contributed by atoms with Gasteiger partial charge in [0.1, 0.15) is 0 Å². The summed E-state index contributed by atoms with van der Waals surface area (Å²) in [5, 5.41) is 7.86. The highest BCUT2D eigenvalue weighted by molar-refractivity contribution is 5.92. The molecule has 0 saturated heterocycles.